The van der Waals surface area contributed by atoms with Crippen LogP contribution in [0.5, 0.6) is 0 Å². The van der Waals surface area contributed by atoms with Crippen LogP contribution in [-0.4, -0.2) is 57.2 Å². The maximum absolute atomic E-state index is 12.8. The van der Waals surface area contributed by atoms with Crippen molar-refractivity contribution in [2.75, 3.05) is 7.11 Å². The Balaban J connectivity index is 1.89. The number of aliphatic hydroxyl groups is 1. The number of esters is 1. The van der Waals surface area contributed by atoms with Crippen LogP contribution >= 0.6 is 0 Å². The molecular formula is C27H38O7Si. The summed E-state index contributed by atoms with van der Waals surface area (Å²) >= 11 is 0. The average molecular weight is 503 g/mol. The molecule has 0 unspecified atom stereocenters. The van der Waals surface area contributed by atoms with Crippen molar-refractivity contribution in [3.63, 3.8) is 0 Å². The fourth-order valence-corrected chi connectivity index (χ4v) is 4.73. The Morgan fingerprint density at radius 1 is 0.914 bits per heavy atom. The van der Waals surface area contributed by atoms with Gasteiger partial charge >= 0.3 is 5.97 Å². The molecule has 5 atom stereocenters. The Labute approximate surface area is 209 Å². The normalized spacial score (nSPS) is 25.3. The Morgan fingerprint density at radius 3 is 1.86 bits per heavy atom. The number of carbonyl (C=O) groups is 1. The quantitative estimate of drug-likeness (QED) is 0.401. The third-order valence-corrected chi connectivity index (χ3v) is 11.2. The number of aliphatic hydroxyl groups excluding tert-OH is 1. The van der Waals surface area contributed by atoms with Crippen LogP contribution in [0, 0.1) is 0 Å². The molecule has 0 aromatic heterocycles. The number of carbonyl (C=O) groups excluding carboxylic acids is 1. The SMILES string of the molecule is COC(=O)[C@@H]1O[C@H](O[Si](C)(C)C(C)(C)C)[C@H](O)[C@@H](OCc2ccccc2)[C@@H]1OCc1ccccc1. The number of rotatable bonds is 9. The summed E-state index contributed by atoms with van der Waals surface area (Å²) in [6.07, 6.45) is -5.14. The van der Waals surface area contributed by atoms with Crippen LogP contribution in [0.15, 0.2) is 60.7 Å². The number of methoxy groups -OCH3 is 1. The highest BCUT2D eigenvalue weighted by Gasteiger charge is 2.53. The summed E-state index contributed by atoms with van der Waals surface area (Å²) in [5.41, 5.74) is 1.86. The van der Waals surface area contributed by atoms with Gasteiger partial charge in [0.15, 0.2) is 20.7 Å². The van der Waals surface area contributed by atoms with Gasteiger partial charge in [-0.1, -0.05) is 81.4 Å². The molecule has 1 N–H and O–H groups in total. The molecule has 2 aromatic carbocycles. The second kappa shape index (κ2) is 11.8. The summed E-state index contributed by atoms with van der Waals surface area (Å²) in [7, 11) is -1.05. The van der Waals surface area contributed by atoms with Crippen molar-refractivity contribution in [3.8, 4) is 0 Å². The summed E-state index contributed by atoms with van der Waals surface area (Å²) in [6, 6.07) is 19.2. The van der Waals surface area contributed by atoms with Gasteiger partial charge in [0, 0.05) is 0 Å². The van der Waals surface area contributed by atoms with Crippen LogP contribution in [-0.2, 0) is 41.4 Å². The Kier molecular flexibility index (Phi) is 9.26. The lowest BCUT2D eigenvalue weighted by Gasteiger charge is -2.47. The molecule has 0 aliphatic carbocycles. The van der Waals surface area contributed by atoms with E-state index < -0.39 is 45.0 Å². The van der Waals surface area contributed by atoms with Crippen LogP contribution in [0.2, 0.25) is 18.1 Å². The highest BCUT2D eigenvalue weighted by atomic mass is 28.4. The maximum atomic E-state index is 12.8. The van der Waals surface area contributed by atoms with Crippen molar-refractivity contribution in [1.82, 2.24) is 0 Å². The molecule has 192 valence electrons. The largest absolute Gasteiger partial charge is 0.467 e. The first-order valence-corrected chi connectivity index (χ1v) is 14.8. The fourth-order valence-electron chi connectivity index (χ4n) is 3.60. The molecule has 0 spiro atoms. The van der Waals surface area contributed by atoms with Gasteiger partial charge in [0.05, 0.1) is 20.3 Å². The van der Waals surface area contributed by atoms with Crippen LogP contribution < -0.4 is 0 Å². The smallest absolute Gasteiger partial charge is 0.337 e. The highest BCUT2D eigenvalue weighted by Crippen LogP contribution is 2.39. The molecule has 2 aromatic rings. The van der Waals surface area contributed by atoms with E-state index in [0.717, 1.165) is 11.1 Å². The van der Waals surface area contributed by atoms with Gasteiger partial charge in [-0.2, -0.15) is 0 Å². The third-order valence-electron chi connectivity index (χ3n) is 6.74. The van der Waals surface area contributed by atoms with Crippen LogP contribution in [0.4, 0.5) is 0 Å². The molecule has 7 nitrogen and oxygen atoms in total. The highest BCUT2D eigenvalue weighted by molar-refractivity contribution is 6.74. The zero-order valence-electron chi connectivity index (χ0n) is 21.5. The van der Waals surface area contributed by atoms with Crippen molar-refractivity contribution in [1.29, 1.82) is 0 Å². The van der Waals surface area contributed by atoms with Gasteiger partial charge in [0.1, 0.15) is 18.3 Å². The van der Waals surface area contributed by atoms with Gasteiger partial charge in [-0.3, -0.25) is 0 Å². The molecule has 0 radical (unpaired) electrons. The van der Waals surface area contributed by atoms with Crippen molar-refractivity contribution in [2.45, 2.75) is 82.8 Å². The van der Waals surface area contributed by atoms with E-state index in [4.69, 9.17) is 23.4 Å². The van der Waals surface area contributed by atoms with E-state index in [-0.39, 0.29) is 18.3 Å². The van der Waals surface area contributed by atoms with Crippen LogP contribution in [0.25, 0.3) is 0 Å². The molecule has 3 rings (SSSR count). The molecule has 0 bridgehead atoms. The standard InChI is InChI=1S/C27H38O7Si/c1-27(2,3)35(5,6)34-26-21(28)22(31-17-19-13-9-7-10-14-19)23(24(33-26)25(29)30-4)32-18-20-15-11-8-12-16-20/h7-16,21-24,26,28H,17-18H2,1-6H3/t21-,22-,23+,24-,26-/m1/s1. The maximum Gasteiger partial charge on any atom is 0.337 e. The second-order valence-corrected chi connectivity index (χ2v) is 15.1. The Hall–Kier alpha value is -2.07. The van der Waals surface area contributed by atoms with E-state index in [9.17, 15) is 9.90 Å². The van der Waals surface area contributed by atoms with Crippen molar-refractivity contribution >= 4 is 14.3 Å². The van der Waals surface area contributed by atoms with Gasteiger partial charge in [-0.25, -0.2) is 4.79 Å². The molecular weight excluding hydrogens is 464 g/mol. The molecule has 1 saturated heterocycles. The predicted molar refractivity (Wildman–Crippen MR) is 135 cm³/mol. The summed E-state index contributed by atoms with van der Waals surface area (Å²) in [5.74, 6) is -0.605. The number of benzene rings is 2. The summed E-state index contributed by atoms with van der Waals surface area (Å²) < 4.78 is 29.9. The Morgan fingerprint density at radius 2 is 1.40 bits per heavy atom. The lowest BCUT2D eigenvalue weighted by Crippen LogP contribution is -2.64. The lowest BCUT2D eigenvalue weighted by atomic mass is 9.98. The molecule has 0 saturated carbocycles. The van der Waals surface area contributed by atoms with Gasteiger partial charge in [0.2, 0.25) is 0 Å². The predicted octanol–water partition coefficient (Wildman–Crippen LogP) is 4.44. The molecule has 8 heteroatoms. The van der Waals surface area contributed by atoms with Gasteiger partial charge < -0.3 is 28.5 Å². The fraction of sp³-hybridized carbons (Fsp3) is 0.519. The van der Waals surface area contributed by atoms with E-state index in [1.165, 1.54) is 7.11 Å². The van der Waals surface area contributed by atoms with Gasteiger partial charge in [-0.05, 0) is 29.3 Å². The summed E-state index contributed by atoms with van der Waals surface area (Å²) in [5, 5.41) is 11.3. The van der Waals surface area contributed by atoms with Crippen molar-refractivity contribution in [3.05, 3.63) is 71.8 Å². The minimum Gasteiger partial charge on any atom is -0.467 e. The molecule has 0 amide bonds. The zero-order chi connectivity index (χ0) is 25.6. The topological polar surface area (TPSA) is 83.5 Å². The average Bonchev–Trinajstić information content (AvgIpc) is 2.83. The minimum atomic E-state index is -2.35. The lowest BCUT2D eigenvalue weighted by molar-refractivity contribution is -0.293. The van der Waals surface area contributed by atoms with E-state index >= 15 is 0 Å². The van der Waals surface area contributed by atoms with Gasteiger partial charge in [0.25, 0.3) is 0 Å². The first kappa shape index (κ1) is 27.5. The summed E-state index contributed by atoms with van der Waals surface area (Å²) in [4.78, 5) is 12.8. The molecule has 1 aliphatic heterocycles. The molecule has 1 heterocycles. The van der Waals surface area contributed by atoms with Crippen molar-refractivity contribution < 1.29 is 33.3 Å². The van der Waals surface area contributed by atoms with E-state index in [0.29, 0.717) is 0 Å². The monoisotopic (exact) mass is 502 g/mol. The second-order valence-electron chi connectivity index (χ2n) is 10.3. The van der Waals surface area contributed by atoms with Crippen LogP contribution in [0.3, 0.4) is 0 Å². The van der Waals surface area contributed by atoms with Crippen LogP contribution in [0.1, 0.15) is 31.9 Å². The summed E-state index contributed by atoms with van der Waals surface area (Å²) in [6.45, 7) is 10.9. The first-order chi connectivity index (χ1) is 16.5. The van der Waals surface area contributed by atoms with E-state index in [1.807, 2.05) is 60.7 Å². The first-order valence-electron chi connectivity index (χ1n) is 11.9. The third kappa shape index (κ3) is 7.00. The van der Waals surface area contributed by atoms with E-state index in [1.54, 1.807) is 0 Å². The zero-order valence-corrected chi connectivity index (χ0v) is 22.5. The van der Waals surface area contributed by atoms with Crippen molar-refractivity contribution in [2.24, 2.45) is 0 Å². The molecule has 35 heavy (non-hydrogen) atoms. The number of hydrogen-bond acceptors (Lipinski definition) is 7. The number of ether oxygens (including phenoxy) is 4. The molecule has 1 aliphatic rings. The molecule has 1 fully saturated rings. The minimum absolute atomic E-state index is 0.127. The van der Waals surface area contributed by atoms with Gasteiger partial charge in [-0.15, -0.1) is 0 Å². The Bertz CT molecular complexity index is 930. The number of hydrogen-bond donors (Lipinski definition) is 1. The van der Waals surface area contributed by atoms with E-state index in [2.05, 4.69) is 33.9 Å².